The summed E-state index contributed by atoms with van der Waals surface area (Å²) in [6.45, 7) is 6.86. The quantitative estimate of drug-likeness (QED) is 0.806. The summed E-state index contributed by atoms with van der Waals surface area (Å²) in [5.74, 6) is 0.462. The van der Waals surface area contributed by atoms with E-state index in [1.54, 1.807) is 13.2 Å². The van der Waals surface area contributed by atoms with Gasteiger partial charge in [0.05, 0.1) is 12.7 Å². The van der Waals surface area contributed by atoms with Gasteiger partial charge in [0.1, 0.15) is 5.75 Å². The van der Waals surface area contributed by atoms with Gasteiger partial charge >= 0.3 is 0 Å². The lowest BCUT2D eigenvalue weighted by molar-refractivity contribution is 0.0930. The average molecular weight is 279 g/mol. The van der Waals surface area contributed by atoms with E-state index in [1.807, 2.05) is 19.1 Å². The predicted molar refractivity (Wildman–Crippen MR) is 80.2 cm³/mol. The number of carbonyl (C=O) groups excluding carboxylic acids is 1. The van der Waals surface area contributed by atoms with Crippen LogP contribution in [-0.4, -0.2) is 31.3 Å². The van der Waals surface area contributed by atoms with E-state index in [1.165, 1.54) is 0 Å². The van der Waals surface area contributed by atoms with E-state index < -0.39 is 0 Å². The minimum Gasteiger partial charge on any atom is -0.496 e. The molecule has 0 spiro atoms. The molecular weight excluding hydrogens is 254 g/mol. The molecule has 0 aliphatic carbocycles. The minimum atomic E-state index is -0.123. The fraction of sp³-hybridized carbons (Fsp3) is 0.562. The van der Waals surface area contributed by atoms with Crippen molar-refractivity contribution < 1.29 is 14.6 Å². The summed E-state index contributed by atoms with van der Waals surface area (Å²) in [6, 6.07) is 5.55. The Kier molecular flexibility index (Phi) is 6.02. The molecular formula is C16H25NO3. The summed E-state index contributed by atoms with van der Waals surface area (Å²) < 4.78 is 5.22. The molecule has 0 atom stereocenters. The number of aryl methyl sites for hydroxylation is 1. The molecule has 4 heteroatoms. The van der Waals surface area contributed by atoms with Gasteiger partial charge in [0.2, 0.25) is 0 Å². The van der Waals surface area contributed by atoms with E-state index in [4.69, 9.17) is 9.84 Å². The van der Waals surface area contributed by atoms with Crippen LogP contribution in [0.2, 0.25) is 0 Å². The summed E-state index contributed by atoms with van der Waals surface area (Å²) in [4.78, 5) is 12.3. The number of methoxy groups -OCH3 is 1. The first-order valence-electron chi connectivity index (χ1n) is 6.93. The lowest BCUT2D eigenvalue weighted by Crippen LogP contribution is -2.34. The van der Waals surface area contributed by atoms with Crippen LogP contribution in [0, 0.1) is 12.3 Å². The van der Waals surface area contributed by atoms with Crippen molar-refractivity contribution in [3.63, 3.8) is 0 Å². The molecule has 0 aliphatic heterocycles. The van der Waals surface area contributed by atoms with E-state index in [2.05, 4.69) is 19.2 Å². The van der Waals surface area contributed by atoms with Gasteiger partial charge in [-0.25, -0.2) is 0 Å². The first-order valence-corrected chi connectivity index (χ1v) is 6.93. The molecule has 0 unspecified atom stereocenters. The number of hydrogen-bond donors (Lipinski definition) is 2. The first-order chi connectivity index (χ1) is 9.39. The maximum absolute atomic E-state index is 12.3. The molecule has 1 amide bonds. The van der Waals surface area contributed by atoms with Crippen molar-refractivity contribution >= 4 is 5.91 Å². The molecule has 0 aromatic heterocycles. The molecule has 4 nitrogen and oxygen atoms in total. The molecule has 0 heterocycles. The van der Waals surface area contributed by atoms with E-state index in [-0.39, 0.29) is 17.9 Å². The second-order valence-electron chi connectivity index (χ2n) is 5.88. The van der Waals surface area contributed by atoms with Gasteiger partial charge < -0.3 is 15.2 Å². The van der Waals surface area contributed by atoms with Crippen LogP contribution in [0.3, 0.4) is 0 Å². The Balaban J connectivity index is 2.69. The Morgan fingerprint density at radius 2 is 2.10 bits per heavy atom. The average Bonchev–Trinajstić information content (AvgIpc) is 2.42. The lowest BCUT2D eigenvalue weighted by atomic mass is 9.88. The van der Waals surface area contributed by atoms with E-state index in [0.29, 0.717) is 17.9 Å². The van der Waals surface area contributed by atoms with E-state index in [9.17, 15) is 4.79 Å². The molecule has 2 N–H and O–H groups in total. The number of rotatable bonds is 7. The van der Waals surface area contributed by atoms with E-state index >= 15 is 0 Å². The fourth-order valence-electron chi connectivity index (χ4n) is 2.06. The van der Waals surface area contributed by atoms with Crippen LogP contribution >= 0.6 is 0 Å². The summed E-state index contributed by atoms with van der Waals surface area (Å²) in [5, 5.41) is 11.8. The molecule has 0 saturated heterocycles. The van der Waals surface area contributed by atoms with Crippen molar-refractivity contribution in [2.45, 2.75) is 33.6 Å². The van der Waals surface area contributed by atoms with Crippen molar-refractivity contribution in [3.05, 3.63) is 29.3 Å². The van der Waals surface area contributed by atoms with Gasteiger partial charge in [-0.3, -0.25) is 4.79 Å². The Bertz CT molecular complexity index is 455. The van der Waals surface area contributed by atoms with Gasteiger partial charge in [0, 0.05) is 13.2 Å². The van der Waals surface area contributed by atoms with Crippen LogP contribution in [0.4, 0.5) is 0 Å². The van der Waals surface area contributed by atoms with Crippen molar-refractivity contribution in [1.29, 1.82) is 0 Å². The highest BCUT2D eigenvalue weighted by Crippen LogP contribution is 2.23. The topological polar surface area (TPSA) is 58.6 Å². The Morgan fingerprint density at radius 3 is 2.70 bits per heavy atom. The van der Waals surface area contributed by atoms with Crippen LogP contribution in [0.25, 0.3) is 0 Å². The van der Waals surface area contributed by atoms with Crippen LogP contribution in [0.15, 0.2) is 18.2 Å². The van der Waals surface area contributed by atoms with Crippen molar-refractivity contribution in [1.82, 2.24) is 5.32 Å². The molecule has 20 heavy (non-hydrogen) atoms. The minimum absolute atomic E-state index is 0.0323. The highest BCUT2D eigenvalue weighted by Gasteiger charge is 2.20. The molecule has 1 aromatic rings. The molecule has 1 rings (SSSR count). The largest absolute Gasteiger partial charge is 0.496 e. The van der Waals surface area contributed by atoms with Gasteiger partial charge in [-0.1, -0.05) is 25.5 Å². The summed E-state index contributed by atoms with van der Waals surface area (Å²) in [6.07, 6.45) is 1.62. The predicted octanol–water partition coefficient (Wildman–Crippen LogP) is 2.53. The zero-order valence-corrected chi connectivity index (χ0v) is 12.8. The standard InChI is InChI=1S/C16H25NO3/c1-12-6-7-14(20-4)13(10-12)15(19)17-11-16(2,3)8-5-9-18/h6-7,10,18H,5,8-9,11H2,1-4H3,(H,17,19). The SMILES string of the molecule is COc1ccc(C)cc1C(=O)NCC(C)(C)CCCO. The lowest BCUT2D eigenvalue weighted by Gasteiger charge is -2.24. The summed E-state index contributed by atoms with van der Waals surface area (Å²) in [5.41, 5.74) is 1.55. The van der Waals surface area contributed by atoms with Crippen LogP contribution in [0.1, 0.15) is 42.6 Å². The van der Waals surface area contributed by atoms with Crippen molar-refractivity contribution in [2.24, 2.45) is 5.41 Å². The Hall–Kier alpha value is -1.55. The van der Waals surface area contributed by atoms with Crippen LogP contribution in [-0.2, 0) is 0 Å². The molecule has 0 bridgehead atoms. The monoisotopic (exact) mass is 279 g/mol. The number of aliphatic hydroxyl groups is 1. The molecule has 112 valence electrons. The molecule has 0 aliphatic rings. The van der Waals surface area contributed by atoms with E-state index in [0.717, 1.165) is 18.4 Å². The van der Waals surface area contributed by atoms with Gasteiger partial charge in [0.15, 0.2) is 0 Å². The summed E-state index contributed by atoms with van der Waals surface area (Å²) >= 11 is 0. The first kappa shape index (κ1) is 16.5. The third-order valence-corrected chi connectivity index (χ3v) is 3.34. The second kappa shape index (κ2) is 7.29. The second-order valence-corrected chi connectivity index (χ2v) is 5.88. The number of carbonyl (C=O) groups is 1. The van der Waals surface area contributed by atoms with Gasteiger partial charge in [0.25, 0.3) is 5.91 Å². The molecule has 0 fully saturated rings. The third kappa shape index (κ3) is 4.85. The maximum atomic E-state index is 12.3. The number of amides is 1. The van der Waals surface area contributed by atoms with Crippen LogP contribution < -0.4 is 10.1 Å². The highest BCUT2D eigenvalue weighted by atomic mass is 16.5. The Labute approximate surface area is 121 Å². The van der Waals surface area contributed by atoms with Crippen molar-refractivity contribution in [2.75, 3.05) is 20.3 Å². The molecule has 0 radical (unpaired) electrons. The fourth-order valence-corrected chi connectivity index (χ4v) is 2.06. The number of nitrogens with one attached hydrogen (secondary N) is 1. The number of benzene rings is 1. The number of hydrogen-bond acceptors (Lipinski definition) is 3. The molecule has 0 saturated carbocycles. The zero-order chi connectivity index (χ0) is 15.2. The molecule has 1 aromatic carbocycles. The highest BCUT2D eigenvalue weighted by molar-refractivity contribution is 5.97. The third-order valence-electron chi connectivity index (χ3n) is 3.34. The normalized spacial score (nSPS) is 11.2. The van der Waals surface area contributed by atoms with Crippen molar-refractivity contribution in [3.8, 4) is 5.75 Å². The van der Waals surface area contributed by atoms with Crippen LogP contribution in [0.5, 0.6) is 5.75 Å². The maximum Gasteiger partial charge on any atom is 0.255 e. The van der Waals surface area contributed by atoms with Gasteiger partial charge in [-0.15, -0.1) is 0 Å². The van der Waals surface area contributed by atoms with Gasteiger partial charge in [-0.2, -0.15) is 0 Å². The number of aliphatic hydroxyl groups excluding tert-OH is 1. The Morgan fingerprint density at radius 1 is 1.40 bits per heavy atom. The van der Waals surface area contributed by atoms with Gasteiger partial charge in [-0.05, 0) is 37.3 Å². The number of ether oxygens (including phenoxy) is 1. The zero-order valence-electron chi connectivity index (χ0n) is 12.8. The smallest absolute Gasteiger partial charge is 0.255 e. The summed E-state index contributed by atoms with van der Waals surface area (Å²) in [7, 11) is 1.56.